The lowest BCUT2D eigenvalue weighted by Gasteiger charge is -2.40. The van der Waals surface area contributed by atoms with Crippen LogP contribution in [0.1, 0.15) is 50.2 Å². The number of ether oxygens (including phenoxy) is 1. The molecule has 180 valence electrons. The summed E-state index contributed by atoms with van der Waals surface area (Å²) in [6, 6.07) is 16.0. The van der Waals surface area contributed by atoms with Crippen molar-refractivity contribution in [1.82, 2.24) is 10.2 Å². The molecule has 3 N–H and O–H groups in total. The lowest BCUT2D eigenvalue weighted by Crippen LogP contribution is -2.62. The molecular weight excluding hydrogens is 436 g/mol. The fourth-order valence-electron chi connectivity index (χ4n) is 4.89. The second-order valence-corrected chi connectivity index (χ2v) is 9.30. The SMILES string of the molecule is CCC(C)(NC(=O)OCC1c2ccccc2-c2ccccc21)C(=O)N1CCCC(O)(C(=O)O)C1. The number of benzene rings is 2. The Kier molecular flexibility index (Phi) is 6.36. The molecule has 0 saturated carbocycles. The summed E-state index contributed by atoms with van der Waals surface area (Å²) in [4.78, 5) is 38.8. The van der Waals surface area contributed by atoms with Crippen LogP contribution in [-0.2, 0) is 14.3 Å². The van der Waals surface area contributed by atoms with E-state index >= 15 is 0 Å². The smallest absolute Gasteiger partial charge is 0.408 e. The molecule has 1 aliphatic heterocycles. The average Bonchev–Trinajstić information content (AvgIpc) is 3.16. The molecule has 2 amide bonds. The van der Waals surface area contributed by atoms with Crippen molar-refractivity contribution in [3.63, 3.8) is 0 Å². The number of likely N-dealkylation sites (tertiary alicyclic amines) is 1. The minimum Gasteiger partial charge on any atom is -0.479 e. The minimum atomic E-state index is -1.98. The van der Waals surface area contributed by atoms with Crippen LogP contribution < -0.4 is 5.32 Å². The van der Waals surface area contributed by atoms with Crippen molar-refractivity contribution in [2.75, 3.05) is 19.7 Å². The van der Waals surface area contributed by atoms with Gasteiger partial charge in [0, 0.05) is 12.5 Å². The second-order valence-electron chi connectivity index (χ2n) is 9.30. The number of carboxylic acid groups (broad SMARTS) is 1. The van der Waals surface area contributed by atoms with Gasteiger partial charge in [-0.3, -0.25) is 4.79 Å². The molecule has 0 aromatic heterocycles. The van der Waals surface area contributed by atoms with Crippen molar-refractivity contribution in [3.8, 4) is 11.1 Å². The number of aliphatic carboxylic acids is 1. The van der Waals surface area contributed by atoms with Gasteiger partial charge < -0.3 is 25.2 Å². The van der Waals surface area contributed by atoms with E-state index in [4.69, 9.17) is 4.74 Å². The maximum atomic E-state index is 13.2. The number of aliphatic hydroxyl groups is 1. The molecule has 8 heteroatoms. The summed E-state index contributed by atoms with van der Waals surface area (Å²) >= 11 is 0. The molecule has 2 aliphatic rings. The highest BCUT2D eigenvalue weighted by Gasteiger charge is 2.46. The van der Waals surface area contributed by atoms with E-state index in [2.05, 4.69) is 17.4 Å². The maximum absolute atomic E-state index is 13.2. The highest BCUT2D eigenvalue weighted by atomic mass is 16.5. The van der Waals surface area contributed by atoms with Gasteiger partial charge in [0.2, 0.25) is 5.91 Å². The van der Waals surface area contributed by atoms with E-state index in [1.54, 1.807) is 13.8 Å². The molecule has 2 aromatic carbocycles. The molecule has 1 fully saturated rings. The fourth-order valence-corrected chi connectivity index (χ4v) is 4.89. The highest BCUT2D eigenvalue weighted by molar-refractivity contribution is 5.90. The zero-order valence-corrected chi connectivity index (χ0v) is 19.4. The van der Waals surface area contributed by atoms with E-state index in [0.29, 0.717) is 13.0 Å². The molecule has 2 atom stereocenters. The Morgan fingerprint density at radius 1 is 1.12 bits per heavy atom. The third kappa shape index (κ3) is 4.25. The van der Waals surface area contributed by atoms with E-state index < -0.39 is 29.1 Å². The van der Waals surface area contributed by atoms with Gasteiger partial charge in [-0.1, -0.05) is 55.5 Å². The third-order valence-corrected chi connectivity index (χ3v) is 7.06. The number of piperidine rings is 1. The highest BCUT2D eigenvalue weighted by Crippen LogP contribution is 2.44. The van der Waals surface area contributed by atoms with Gasteiger partial charge >= 0.3 is 12.1 Å². The Hall–Kier alpha value is -3.39. The molecule has 1 aliphatic carbocycles. The summed E-state index contributed by atoms with van der Waals surface area (Å²) in [5.41, 5.74) is 1.15. The van der Waals surface area contributed by atoms with Crippen LogP contribution in [0.3, 0.4) is 0 Å². The molecular formula is C26H30N2O6. The van der Waals surface area contributed by atoms with Gasteiger partial charge in [-0.05, 0) is 48.4 Å². The van der Waals surface area contributed by atoms with Gasteiger partial charge in [0.15, 0.2) is 5.60 Å². The van der Waals surface area contributed by atoms with Gasteiger partial charge in [-0.25, -0.2) is 9.59 Å². The van der Waals surface area contributed by atoms with E-state index in [1.807, 2.05) is 36.4 Å². The van der Waals surface area contributed by atoms with E-state index in [0.717, 1.165) is 22.3 Å². The topological polar surface area (TPSA) is 116 Å². The molecule has 0 radical (unpaired) electrons. The monoisotopic (exact) mass is 466 g/mol. The Morgan fingerprint density at radius 3 is 2.26 bits per heavy atom. The number of carbonyl (C=O) groups excluding carboxylic acids is 2. The lowest BCUT2D eigenvalue weighted by atomic mass is 9.90. The summed E-state index contributed by atoms with van der Waals surface area (Å²) in [6.07, 6.45) is -0.00318. The van der Waals surface area contributed by atoms with Crippen LogP contribution in [0.4, 0.5) is 4.79 Å². The van der Waals surface area contributed by atoms with Crippen molar-refractivity contribution in [1.29, 1.82) is 0 Å². The largest absolute Gasteiger partial charge is 0.479 e. The summed E-state index contributed by atoms with van der Waals surface area (Å²) in [5, 5.41) is 22.4. The molecule has 0 bridgehead atoms. The molecule has 0 spiro atoms. The first kappa shape index (κ1) is 23.8. The first-order valence-electron chi connectivity index (χ1n) is 11.6. The quantitative estimate of drug-likeness (QED) is 0.602. The van der Waals surface area contributed by atoms with Gasteiger partial charge in [0.25, 0.3) is 0 Å². The third-order valence-electron chi connectivity index (χ3n) is 7.06. The van der Waals surface area contributed by atoms with Gasteiger partial charge in [-0.15, -0.1) is 0 Å². The van der Waals surface area contributed by atoms with Crippen LogP contribution in [0.15, 0.2) is 48.5 Å². The molecule has 1 saturated heterocycles. The van der Waals surface area contributed by atoms with E-state index in [-0.39, 0.29) is 31.9 Å². The number of nitrogens with one attached hydrogen (secondary N) is 1. The van der Waals surface area contributed by atoms with Gasteiger partial charge in [0.1, 0.15) is 12.1 Å². The second kappa shape index (κ2) is 9.10. The average molecular weight is 467 g/mol. The van der Waals surface area contributed by atoms with Crippen LogP contribution in [0.2, 0.25) is 0 Å². The Labute approximate surface area is 198 Å². The summed E-state index contributed by atoms with van der Waals surface area (Å²) in [5.74, 6) is -1.90. The predicted molar refractivity (Wildman–Crippen MR) is 125 cm³/mol. The lowest BCUT2D eigenvalue weighted by molar-refractivity contribution is -0.167. The maximum Gasteiger partial charge on any atom is 0.408 e. The minimum absolute atomic E-state index is 0.0781. The standard InChI is InChI=1S/C26H30N2O6/c1-3-25(2,22(29)28-14-8-13-26(33,16-28)23(30)31)27-24(32)34-15-21-19-11-6-4-9-17(19)18-10-5-7-12-20(18)21/h4-7,9-12,21,33H,3,8,13-16H2,1-2H3,(H,27,32)(H,30,31). The molecule has 1 heterocycles. The number of carboxylic acids is 1. The van der Waals surface area contributed by atoms with Crippen LogP contribution in [-0.4, -0.2) is 63.9 Å². The Morgan fingerprint density at radius 2 is 1.71 bits per heavy atom. The Balaban J connectivity index is 1.44. The van der Waals surface area contributed by atoms with E-state index in [1.165, 1.54) is 4.90 Å². The van der Waals surface area contributed by atoms with Crippen LogP contribution in [0.5, 0.6) is 0 Å². The molecule has 2 unspecified atom stereocenters. The number of β-amino-alcohol motifs (C(OH)–C–C–N with tert-alkyl or cyclic N) is 1. The predicted octanol–water partition coefficient (Wildman–Crippen LogP) is 3.13. The van der Waals surface area contributed by atoms with Gasteiger partial charge in [-0.2, -0.15) is 0 Å². The number of hydrogen-bond donors (Lipinski definition) is 3. The van der Waals surface area contributed by atoms with Crippen LogP contribution in [0.25, 0.3) is 11.1 Å². The fraction of sp³-hybridized carbons (Fsp3) is 0.423. The van der Waals surface area contributed by atoms with Crippen molar-refractivity contribution < 1.29 is 29.3 Å². The zero-order valence-electron chi connectivity index (χ0n) is 19.4. The number of nitrogens with zero attached hydrogens (tertiary/aromatic N) is 1. The molecule has 2 aromatic rings. The van der Waals surface area contributed by atoms with Crippen molar-refractivity contribution in [3.05, 3.63) is 59.7 Å². The van der Waals surface area contributed by atoms with Crippen molar-refractivity contribution >= 4 is 18.0 Å². The van der Waals surface area contributed by atoms with E-state index in [9.17, 15) is 24.6 Å². The number of amides is 2. The number of rotatable bonds is 6. The number of alkyl carbamates (subject to hydrolysis) is 1. The Bertz CT molecular complexity index is 1070. The summed E-state index contributed by atoms with van der Waals surface area (Å²) < 4.78 is 5.59. The zero-order chi connectivity index (χ0) is 24.5. The van der Waals surface area contributed by atoms with Gasteiger partial charge in [0.05, 0.1) is 6.54 Å². The van der Waals surface area contributed by atoms with Crippen molar-refractivity contribution in [2.24, 2.45) is 0 Å². The summed E-state index contributed by atoms with van der Waals surface area (Å²) in [6.45, 7) is 3.47. The summed E-state index contributed by atoms with van der Waals surface area (Å²) in [7, 11) is 0. The molecule has 8 nitrogen and oxygen atoms in total. The molecule has 34 heavy (non-hydrogen) atoms. The normalized spacial score (nSPS) is 21.2. The van der Waals surface area contributed by atoms with Crippen LogP contribution in [0, 0.1) is 0 Å². The number of fused-ring (bicyclic) bond motifs is 3. The number of carbonyl (C=O) groups is 3. The first-order valence-corrected chi connectivity index (χ1v) is 11.6. The van der Waals surface area contributed by atoms with Crippen molar-refractivity contribution in [2.45, 2.75) is 50.2 Å². The molecule has 4 rings (SSSR count). The first-order chi connectivity index (χ1) is 16.2. The number of hydrogen-bond acceptors (Lipinski definition) is 5. The van der Waals surface area contributed by atoms with Crippen LogP contribution >= 0.6 is 0 Å².